The van der Waals surface area contributed by atoms with E-state index in [4.69, 9.17) is 9.15 Å². The zero-order valence-electron chi connectivity index (χ0n) is 15.1. The molecule has 0 N–H and O–H groups in total. The van der Waals surface area contributed by atoms with Crippen LogP contribution in [-0.4, -0.2) is 54.8 Å². The van der Waals surface area contributed by atoms with Crippen molar-refractivity contribution in [2.75, 3.05) is 43.9 Å². The van der Waals surface area contributed by atoms with Crippen LogP contribution in [0.15, 0.2) is 58.2 Å². The predicted molar refractivity (Wildman–Crippen MR) is 107 cm³/mol. The van der Waals surface area contributed by atoms with Gasteiger partial charge in [-0.25, -0.2) is 4.98 Å². The first-order chi connectivity index (χ1) is 13.2. The molecule has 1 aromatic heterocycles. The smallest absolute Gasteiger partial charge is 0.257 e. The fourth-order valence-corrected chi connectivity index (χ4v) is 3.88. The van der Waals surface area contributed by atoms with E-state index < -0.39 is 0 Å². The van der Waals surface area contributed by atoms with Gasteiger partial charge in [-0.1, -0.05) is 23.9 Å². The fourth-order valence-electron chi connectivity index (χ4n) is 3.13. The summed E-state index contributed by atoms with van der Waals surface area (Å²) in [7, 11) is 1.66. The molecule has 0 atom stereocenters. The number of nitrogens with zero attached hydrogens (tertiary/aromatic N) is 3. The maximum Gasteiger partial charge on any atom is 0.257 e. The molecule has 7 heteroatoms. The number of thioether (sulfide) groups is 1. The highest BCUT2D eigenvalue weighted by Gasteiger charge is 2.22. The van der Waals surface area contributed by atoms with Gasteiger partial charge in [0.2, 0.25) is 5.91 Å². The number of para-hydroxylation sites is 2. The molecule has 27 heavy (non-hydrogen) atoms. The van der Waals surface area contributed by atoms with Crippen LogP contribution in [0.1, 0.15) is 0 Å². The molecule has 2 aromatic carbocycles. The largest absolute Gasteiger partial charge is 0.497 e. The van der Waals surface area contributed by atoms with Gasteiger partial charge in [-0.15, -0.1) is 0 Å². The zero-order valence-corrected chi connectivity index (χ0v) is 15.9. The highest BCUT2D eigenvalue weighted by atomic mass is 32.2. The summed E-state index contributed by atoms with van der Waals surface area (Å²) in [6, 6.07) is 15.7. The first-order valence-electron chi connectivity index (χ1n) is 8.88. The Hall–Kier alpha value is -2.67. The summed E-state index contributed by atoms with van der Waals surface area (Å²) >= 11 is 1.35. The molecule has 2 heterocycles. The Morgan fingerprint density at radius 1 is 1.11 bits per heavy atom. The minimum absolute atomic E-state index is 0.122. The molecular weight excluding hydrogens is 362 g/mol. The van der Waals surface area contributed by atoms with Crippen molar-refractivity contribution in [1.29, 1.82) is 0 Å². The third kappa shape index (κ3) is 4.03. The highest BCUT2D eigenvalue weighted by Crippen LogP contribution is 2.24. The summed E-state index contributed by atoms with van der Waals surface area (Å²) in [4.78, 5) is 21.1. The number of piperazine rings is 1. The lowest BCUT2D eigenvalue weighted by atomic mass is 10.2. The molecule has 1 amide bonds. The van der Waals surface area contributed by atoms with Gasteiger partial charge in [-0.05, 0) is 36.4 Å². The van der Waals surface area contributed by atoms with Crippen molar-refractivity contribution < 1.29 is 13.9 Å². The molecule has 0 unspecified atom stereocenters. The van der Waals surface area contributed by atoms with Gasteiger partial charge in [0.25, 0.3) is 5.22 Å². The van der Waals surface area contributed by atoms with Crippen molar-refractivity contribution in [2.45, 2.75) is 5.22 Å². The van der Waals surface area contributed by atoms with Crippen LogP contribution in [0.5, 0.6) is 5.75 Å². The van der Waals surface area contributed by atoms with Gasteiger partial charge in [-0.3, -0.25) is 4.79 Å². The lowest BCUT2D eigenvalue weighted by molar-refractivity contribution is -0.128. The molecule has 0 aliphatic carbocycles. The number of methoxy groups -OCH3 is 1. The van der Waals surface area contributed by atoms with E-state index in [1.165, 1.54) is 11.8 Å². The maximum atomic E-state index is 12.5. The normalized spacial score (nSPS) is 14.6. The van der Waals surface area contributed by atoms with Crippen molar-refractivity contribution in [1.82, 2.24) is 9.88 Å². The Kier molecular flexibility index (Phi) is 5.20. The third-order valence-corrected chi connectivity index (χ3v) is 5.48. The number of hydrogen-bond donors (Lipinski definition) is 0. The van der Waals surface area contributed by atoms with Crippen molar-refractivity contribution in [3.8, 4) is 5.75 Å². The summed E-state index contributed by atoms with van der Waals surface area (Å²) in [5.41, 5.74) is 2.73. The first kappa shape index (κ1) is 17.7. The molecule has 0 radical (unpaired) electrons. The van der Waals surface area contributed by atoms with Gasteiger partial charge in [0.1, 0.15) is 11.3 Å². The number of carbonyl (C=O) groups excluding carboxylic acids is 1. The van der Waals surface area contributed by atoms with E-state index in [1.54, 1.807) is 7.11 Å². The maximum absolute atomic E-state index is 12.5. The Labute approximate surface area is 162 Å². The standard InChI is InChI=1S/C20H21N3O3S/c1-25-16-8-6-15(7-9-16)22-10-12-23(13-11-22)19(24)14-27-20-21-17-4-2-3-5-18(17)26-20/h2-9H,10-14H2,1H3. The number of amides is 1. The van der Waals surface area contributed by atoms with E-state index in [1.807, 2.05) is 41.3 Å². The van der Waals surface area contributed by atoms with Crippen molar-refractivity contribution >= 4 is 34.5 Å². The summed E-state index contributed by atoms with van der Waals surface area (Å²) in [6.07, 6.45) is 0. The van der Waals surface area contributed by atoms with Crippen LogP contribution in [-0.2, 0) is 4.79 Å². The fraction of sp³-hybridized carbons (Fsp3) is 0.300. The average Bonchev–Trinajstić information content (AvgIpc) is 3.15. The molecule has 4 rings (SSSR count). The molecule has 1 aliphatic rings. The molecule has 6 nitrogen and oxygen atoms in total. The van der Waals surface area contributed by atoms with Crippen LogP contribution in [0, 0.1) is 0 Å². The quantitative estimate of drug-likeness (QED) is 0.630. The molecule has 140 valence electrons. The number of ether oxygens (including phenoxy) is 1. The minimum atomic E-state index is 0.122. The molecule has 1 fully saturated rings. The van der Waals surface area contributed by atoms with Crippen molar-refractivity contribution in [3.63, 3.8) is 0 Å². The number of aromatic nitrogens is 1. The van der Waals surface area contributed by atoms with E-state index >= 15 is 0 Å². The summed E-state index contributed by atoms with van der Waals surface area (Å²) < 4.78 is 10.9. The van der Waals surface area contributed by atoms with Gasteiger partial charge in [0.15, 0.2) is 5.58 Å². The number of hydrogen-bond acceptors (Lipinski definition) is 6. The van der Waals surface area contributed by atoms with Gasteiger partial charge in [0, 0.05) is 31.9 Å². The highest BCUT2D eigenvalue weighted by molar-refractivity contribution is 7.99. The predicted octanol–water partition coefficient (Wildman–Crippen LogP) is 3.28. The lowest BCUT2D eigenvalue weighted by Crippen LogP contribution is -2.49. The second-order valence-electron chi connectivity index (χ2n) is 6.30. The third-order valence-electron chi connectivity index (χ3n) is 4.66. The number of oxazole rings is 1. The van der Waals surface area contributed by atoms with Crippen LogP contribution in [0.4, 0.5) is 5.69 Å². The van der Waals surface area contributed by atoms with Crippen LogP contribution in [0.2, 0.25) is 0 Å². The number of carbonyl (C=O) groups is 1. The average molecular weight is 383 g/mol. The van der Waals surface area contributed by atoms with Crippen molar-refractivity contribution in [3.05, 3.63) is 48.5 Å². The second kappa shape index (κ2) is 7.92. The number of benzene rings is 2. The van der Waals surface area contributed by atoms with E-state index in [2.05, 4.69) is 22.0 Å². The SMILES string of the molecule is COc1ccc(N2CCN(C(=O)CSc3nc4ccccc4o3)CC2)cc1. The van der Waals surface area contributed by atoms with E-state index in [9.17, 15) is 4.79 Å². The molecule has 3 aromatic rings. The topological polar surface area (TPSA) is 58.8 Å². The van der Waals surface area contributed by atoms with Crippen LogP contribution in [0.3, 0.4) is 0 Å². The Morgan fingerprint density at radius 3 is 2.56 bits per heavy atom. The first-order valence-corrected chi connectivity index (χ1v) is 9.86. The van der Waals surface area contributed by atoms with Crippen molar-refractivity contribution in [2.24, 2.45) is 0 Å². The molecule has 1 saturated heterocycles. The van der Waals surface area contributed by atoms with E-state index in [0.29, 0.717) is 11.0 Å². The number of rotatable bonds is 5. The summed E-state index contributed by atoms with van der Waals surface area (Å²) in [5, 5.41) is 0.543. The Balaban J connectivity index is 1.29. The summed E-state index contributed by atoms with van der Waals surface area (Å²) in [5.74, 6) is 1.32. The molecule has 0 spiro atoms. The Bertz CT molecular complexity index is 885. The van der Waals surface area contributed by atoms with Crippen LogP contribution < -0.4 is 9.64 Å². The van der Waals surface area contributed by atoms with Crippen LogP contribution in [0.25, 0.3) is 11.1 Å². The molecule has 1 aliphatic heterocycles. The Morgan fingerprint density at radius 2 is 1.85 bits per heavy atom. The number of anilines is 1. The van der Waals surface area contributed by atoms with E-state index in [-0.39, 0.29) is 5.91 Å². The second-order valence-corrected chi connectivity index (χ2v) is 7.23. The molecular formula is C20H21N3O3S. The monoisotopic (exact) mass is 383 g/mol. The van der Waals surface area contributed by atoms with Gasteiger partial charge >= 0.3 is 0 Å². The van der Waals surface area contributed by atoms with Gasteiger partial charge in [0.05, 0.1) is 12.9 Å². The van der Waals surface area contributed by atoms with E-state index in [0.717, 1.165) is 48.7 Å². The van der Waals surface area contributed by atoms with Gasteiger partial charge in [-0.2, -0.15) is 0 Å². The molecule has 0 bridgehead atoms. The minimum Gasteiger partial charge on any atom is -0.497 e. The van der Waals surface area contributed by atoms with Gasteiger partial charge < -0.3 is 19.0 Å². The zero-order chi connectivity index (χ0) is 18.6. The molecule has 0 saturated carbocycles. The summed E-state index contributed by atoms with van der Waals surface area (Å²) in [6.45, 7) is 3.09. The number of fused-ring (bicyclic) bond motifs is 1. The lowest BCUT2D eigenvalue weighted by Gasteiger charge is -2.36. The van der Waals surface area contributed by atoms with Crippen LogP contribution >= 0.6 is 11.8 Å².